The van der Waals surface area contributed by atoms with E-state index in [-0.39, 0.29) is 0 Å². The van der Waals surface area contributed by atoms with Crippen molar-refractivity contribution in [3.63, 3.8) is 0 Å². The number of hydrogen-bond donors (Lipinski definition) is 0. The summed E-state index contributed by atoms with van der Waals surface area (Å²) in [6.07, 6.45) is 6.18. The van der Waals surface area contributed by atoms with Gasteiger partial charge in [0, 0.05) is 0 Å². The Balaban J connectivity index is 2.69. The number of rotatable bonds is 2. The molecule has 0 nitrogen and oxygen atoms in total. The zero-order valence-corrected chi connectivity index (χ0v) is 9.16. The number of hydrogen-bond acceptors (Lipinski definition) is 0. The van der Waals surface area contributed by atoms with Crippen molar-refractivity contribution < 1.29 is 24.7 Å². The van der Waals surface area contributed by atoms with Crippen molar-refractivity contribution in [1.29, 1.82) is 0 Å². The Morgan fingerprint density at radius 2 is 2.30 bits per heavy atom. The van der Waals surface area contributed by atoms with Gasteiger partial charge in [-0.2, -0.15) is 0 Å². The fraction of sp³-hybridized carbons (Fsp3) is 0.556. The predicted octanol–water partition coefficient (Wildman–Crippen LogP) is 2.94. The molecule has 53 valence electrons. The molecule has 0 N–H and O–H groups in total. The van der Waals surface area contributed by atoms with E-state index in [9.17, 15) is 0 Å². The Labute approximate surface area is 78.2 Å². The first kappa shape index (κ1) is 8.46. The van der Waals surface area contributed by atoms with Crippen molar-refractivity contribution >= 4 is 0 Å². The van der Waals surface area contributed by atoms with Crippen LogP contribution in [0.3, 0.4) is 0 Å². The van der Waals surface area contributed by atoms with E-state index in [1.807, 2.05) is 0 Å². The molecule has 0 bridgehead atoms. The van der Waals surface area contributed by atoms with Crippen molar-refractivity contribution in [2.45, 2.75) is 33.1 Å². The van der Waals surface area contributed by atoms with Crippen LogP contribution < -0.4 is 0 Å². The molecule has 0 amide bonds. The summed E-state index contributed by atoms with van der Waals surface area (Å²) in [5, 5.41) is 0. The summed E-state index contributed by atoms with van der Waals surface area (Å²) >= 11 is 1.61. The zero-order valence-electron chi connectivity index (χ0n) is 6.70. The quantitative estimate of drug-likeness (QED) is 0.660. The topological polar surface area (TPSA) is 0 Å². The standard InChI is InChI=1S/C9H13.Zr/c1-3-5-9-7-4-6-8(9)2;/h6H,3-5H2,1-2H3;. The minimum atomic E-state index is 1.24. The predicted molar refractivity (Wildman–Crippen MR) is 40.3 cm³/mol. The molecular weight excluding hydrogens is 199 g/mol. The molecule has 0 spiro atoms. The first-order valence-electron chi connectivity index (χ1n) is 3.86. The molecule has 0 heterocycles. The van der Waals surface area contributed by atoms with Gasteiger partial charge >= 0.3 is 78.3 Å². The molecule has 0 atom stereocenters. The second-order valence-electron chi connectivity index (χ2n) is 2.80. The minimum absolute atomic E-state index is 1.24. The van der Waals surface area contributed by atoms with Crippen molar-refractivity contribution in [1.82, 2.24) is 0 Å². The molecule has 0 radical (unpaired) electrons. The van der Waals surface area contributed by atoms with E-state index in [0.29, 0.717) is 0 Å². The van der Waals surface area contributed by atoms with E-state index in [0.717, 1.165) is 0 Å². The third-order valence-electron chi connectivity index (χ3n) is 1.95. The van der Waals surface area contributed by atoms with Crippen LogP contribution in [0.4, 0.5) is 0 Å². The van der Waals surface area contributed by atoms with Gasteiger partial charge in [0.25, 0.3) is 0 Å². The van der Waals surface area contributed by atoms with Gasteiger partial charge in [-0.25, -0.2) is 0 Å². The molecule has 0 aromatic rings. The SMILES string of the molecule is CCCC1=[C]([Zr])CC=C1C. The summed E-state index contributed by atoms with van der Waals surface area (Å²) in [6.45, 7) is 4.49. The average Bonchev–Trinajstić information content (AvgIpc) is 2.20. The summed E-state index contributed by atoms with van der Waals surface area (Å²) < 4.78 is 1.67. The van der Waals surface area contributed by atoms with Gasteiger partial charge in [0.05, 0.1) is 0 Å². The first-order chi connectivity index (χ1) is 4.75. The van der Waals surface area contributed by atoms with Crippen LogP contribution in [0.15, 0.2) is 20.5 Å². The maximum absolute atomic E-state index is 2.36. The third kappa shape index (κ3) is 1.69. The Kier molecular flexibility index (Phi) is 3.10. The average molecular weight is 212 g/mol. The van der Waals surface area contributed by atoms with Crippen molar-refractivity contribution in [2.75, 3.05) is 0 Å². The van der Waals surface area contributed by atoms with Crippen LogP contribution in [0.25, 0.3) is 0 Å². The molecule has 1 aliphatic carbocycles. The molecule has 1 rings (SSSR count). The van der Waals surface area contributed by atoms with Crippen LogP contribution in [-0.4, -0.2) is 0 Å². The van der Waals surface area contributed by atoms with E-state index >= 15 is 0 Å². The molecule has 1 aliphatic rings. The Morgan fingerprint density at radius 3 is 2.70 bits per heavy atom. The van der Waals surface area contributed by atoms with Gasteiger partial charge in [0.15, 0.2) is 0 Å². The molecule has 0 saturated heterocycles. The number of allylic oxidation sites excluding steroid dienone is 4. The Hall–Kier alpha value is 0.363. The Bertz CT molecular complexity index is 187. The van der Waals surface area contributed by atoms with Crippen LogP contribution in [0.1, 0.15) is 33.1 Å². The van der Waals surface area contributed by atoms with E-state index in [1.54, 1.807) is 33.6 Å². The molecule has 0 aliphatic heterocycles. The monoisotopic (exact) mass is 211 g/mol. The van der Waals surface area contributed by atoms with Crippen LogP contribution >= 0.6 is 0 Å². The molecule has 0 saturated carbocycles. The fourth-order valence-electron chi connectivity index (χ4n) is 1.34. The molecule has 1 heteroatoms. The molecule has 0 aromatic heterocycles. The van der Waals surface area contributed by atoms with Gasteiger partial charge in [-0.1, -0.05) is 0 Å². The van der Waals surface area contributed by atoms with Crippen LogP contribution in [0.2, 0.25) is 0 Å². The van der Waals surface area contributed by atoms with Gasteiger partial charge in [-0.05, 0) is 0 Å². The molecule has 0 fully saturated rings. The van der Waals surface area contributed by atoms with E-state index in [4.69, 9.17) is 0 Å². The van der Waals surface area contributed by atoms with Crippen molar-refractivity contribution in [3.8, 4) is 0 Å². The van der Waals surface area contributed by atoms with Crippen molar-refractivity contribution in [3.05, 3.63) is 20.5 Å². The fourth-order valence-corrected chi connectivity index (χ4v) is 2.38. The second-order valence-corrected chi connectivity index (χ2v) is 4.28. The first-order valence-corrected chi connectivity index (χ1v) is 5.09. The van der Waals surface area contributed by atoms with Crippen LogP contribution in [0, 0.1) is 0 Å². The molecule has 0 aromatic carbocycles. The van der Waals surface area contributed by atoms with Crippen molar-refractivity contribution in [2.24, 2.45) is 0 Å². The molecule has 0 unspecified atom stereocenters. The molecular formula is C9H13Zr. The van der Waals surface area contributed by atoms with Gasteiger partial charge in [-0.3, -0.25) is 0 Å². The zero-order chi connectivity index (χ0) is 7.56. The molecule has 10 heavy (non-hydrogen) atoms. The summed E-state index contributed by atoms with van der Waals surface area (Å²) in [7, 11) is 0. The normalized spacial score (nSPS) is 17.9. The summed E-state index contributed by atoms with van der Waals surface area (Å²) in [5.41, 5.74) is 3.19. The third-order valence-corrected chi connectivity index (χ3v) is 3.20. The summed E-state index contributed by atoms with van der Waals surface area (Å²) in [5.74, 6) is 0. The second kappa shape index (κ2) is 3.67. The van der Waals surface area contributed by atoms with Gasteiger partial charge < -0.3 is 0 Å². The van der Waals surface area contributed by atoms with Crippen LogP contribution in [0.5, 0.6) is 0 Å². The van der Waals surface area contributed by atoms with E-state index in [2.05, 4.69) is 19.9 Å². The van der Waals surface area contributed by atoms with Gasteiger partial charge in [-0.15, -0.1) is 0 Å². The van der Waals surface area contributed by atoms with E-state index in [1.165, 1.54) is 24.8 Å². The van der Waals surface area contributed by atoms with Crippen LogP contribution in [-0.2, 0) is 24.7 Å². The summed E-state index contributed by atoms with van der Waals surface area (Å²) in [4.78, 5) is 0. The van der Waals surface area contributed by atoms with Gasteiger partial charge in [0.2, 0.25) is 0 Å². The van der Waals surface area contributed by atoms with Gasteiger partial charge in [0.1, 0.15) is 0 Å². The Morgan fingerprint density at radius 1 is 1.60 bits per heavy atom. The maximum atomic E-state index is 2.36. The van der Waals surface area contributed by atoms with E-state index < -0.39 is 0 Å². The summed E-state index contributed by atoms with van der Waals surface area (Å²) in [6, 6.07) is 0.